The molecule has 0 radical (unpaired) electrons. The normalized spacial score (nSPS) is 11.7. The number of nitrogens with one attached hydrogen (secondary N) is 1. The van der Waals surface area contributed by atoms with Gasteiger partial charge in [-0.2, -0.15) is 0 Å². The van der Waals surface area contributed by atoms with E-state index in [0.29, 0.717) is 15.1 Å². The van der Waals surface area contributed by atoms with Crippen molar-refractivity contribution in [1.82, 2.24) is 9.29 Å². The van der Waals surface area contributed by atoms with E-state index in [0.717, 1.165) is 16.2 Å². The molecule has 0 saturated carbocycles. The first kappa shape index (κ1) is 15.9. The molecule has 23 heavy (non-hydrogen) atoms. The van der Waals surface area contributed by atoms with Gasteiger partial charge in [0.05, 0.1) is 20.0 Å². The molecule has 1 amide bonds. The predicted octanol–water partition coefficient (Wildman–Crippen LogP) is 2.09. The zero-order chi connectivity index (χ0) is 16.8. The molecule has 0 fully saturated rings. The fraction of sp³-hybridized carbons (Fsp3) is 0.143. The molecular formula is C14H12N2O4S3. The van der Waals surface area contributed by atoms with Gasteiger partial charge in [0.15, 0.2) is 0 Å². The quantitative estimate of drug-likeness (QED) is 0.767. The summed E-state index contributed by atoms with van der Waals surface area (Å²) >= 11 is 2.18. The first-order chi connectivity index (χ1) is 10.8. The van der Waals surface area contributed by atoms with Crippen LogP contribution in [0.5, 0.6) is 0 Å². The maximum absolute atomic E-state index is 12.4. The molecule has 0 saturated heterocycles. The second-order valence-electron chi connectivity index (χ2n) is 4.90. The molecule has 1 aromatic carbocycles. The first-order valence-corrected chi connectivity index (χ1v) is 9.63. The van der Waals surface area contributed by atoms with Crippen LogP contribution in [-0.2, 0) is 17.1 Å². The van der Waals surface area contributed by atoms with Crippen LogP contribution in [0.4, 0.5) is 0 Å². The molecule has 0 aliphatic rings. The predicted molar refractivity (Wildman–Crippen MR) is 90.8 cm³/mol. The summed E-state index contributed by atoms with van der Waals surface area (Å²) in [6, 6.07) is 7.67. The molecule has 1 N–H and O–H groups in total. The Morgan fingerprint density at radius 3 is 2.57 bits per heavy atom. The number of carbonyl (C=O) groups is 1. The van der Waals surface area contributed by atoms with E-state index in [9.17, 15) is 18.0 Å². The molecule has 0 atom stereocenters. The van der Waals surface area contributed by atoms with Gasteiger partial charge in [-0.15, -0.1) is 11.3 Å². The maximum atomic E-state index is 12.4. The van der Waals surface area contributed by atoms with Crippen LogP contribution < -0.4 is 9.60 Å². The maximum Gasteiger partial charge on any atom is 0.307 e. The zero-order valence-electron chi connectivity index (χ0n) is 12.2. The Morgan fingerprint density at radius 1 is 1.17 bits per heavy atom. The summed E-state index contributed by atoms with van der Waals surface area (Å²) in [6.45, 7) is 1.83. The number of benzene rings is 1. The Hall–Kier alpha value is -1.97. The van der Waals surface area contributed by atoms with Gasteiger partial charge in [0.1, 0.15) is 0 Å². The number of aryl methyl sites for hydroxylation is 2. The summed E-state index contributed by atoms with van der Waals surface area (Å²) in [5, 5.41) is 0. The van der Waals surface area contributed by atoms with E-state index in [-0.39, 0.29) is 9.77 Å². The van der Waals surface area contributed by atoms with Crippen LogP contribution in [0.15, 0.2) is 40.0 Å². The van der Waals surface area contributed by atoms with Crippen molar-refractivity contribution in [3.05, 3.63) is 49.8 Å². The molecule has 3 aromatic rings. The number of carbonyl (C=O) groups excluding carboxylic acids is 1. The average molecular weight is 368 g/mol. The number of thiophene rings is 1. The molecule has 9 heteroatoms. The Morgan fingerprint density at radius 2 is 1.91 bits per heavy atom. The van der Waals surface area contributed by atoms with Gasteiger partial charge < -0.3 is 4.57 Å². The van der Waals surface area contributed by atoms with Gasteiger partial charge in [-0.25, -0.2) is 13.1 Å². The van der Waals surface area contributed by atoms with Crippen LogP contribution in [0, 0.1) is 6.92 Å². The van der Waals surface area contributed by atoms with E-state index in [1.54, 1.807) is 25.2 Å². The van der Waals surface area contributed by atoms with Gasteiger partial charge in [0.25, 0.3) is 15.9 Å². The van der Waals surface area contributed by atoms with Crippen LogP contribution >= 0.6 is 22.7 Å². The van der Waals surface area contributed by atoms with Crippen LogP contribution in [0.2, 0.25) is 0 Å². The zero-order valence-corrected chi connectivity index (χ0v) is 14.6. The van der Waals surface area contributed by atoms with Gasteiger partial charge >= 0.3 is 4.87 Å². The number of rotatable bonds is 3. The van der Waals surface area contributed by atoms with Crippen molar-refractivity contribution in [3.8, 4) is 0 Å². The van der Waals surface area contributed by atoms with Crippen molar-refractivity contribution in [2.75, 3.05) is 0 Å². The molecular weight excluding hydrogens is 356 g/mol. The minimum absolute atomic E-state index is 0.0477. The van der Waals surface area contributed by atoms with Crippen molar-refractivity contribution in [3.63, 3.8) is 0 Å². The third-order valence-electron chi connectivity index (χ3n) is 3.27. The van der Waals surface area contributed by atoms with Crippen LogP contribution in [-0.4, -0.2) is 18.9 Å². The lowest BCUT2D eigenvalue weighted by atomic mass is 10.3. The topological polar surface area (TPSA) is 85.2 Å². The summed E-state index contributed by atoms with van der Waals surface area (Å²) in [7, 11) is -2.37. The first-order valence-electron chi connectivity index (χ1n) is 6.51. The highest BCUT2D eigenvalue weighted by Crippen LogP contribution is 2.22. The third-order valence-corrected chi connectivity index (χ3v) is 6.59. The minimum Gasteiger partial charge on any atom is -0.302 e. The Balaban J connectivity index is 1.96. The van der Waals surface area contributed by atoms with E-state index < -0.39 is 15.9 Å². The summed E-state index contributed by atoms with van der Waals surface area (Å²) in [4.78, 5) is 24.7. The van der Waals surface area contributed by atoms with E-state index in [4.69, 9.17) is 0 Å². The lowest BCUT2D eigenvalue weighted by molar-refractivity contribution is 0.0985. The van der Waals surface area contributed by atoms with Gasteiger partial charge in [0, 0.05) is 11.9 Å². The largest absolute Gasteiger partial charge is 0.307 e. The van der Waals surface area contributed by atoms with Crippen molar-refractivity contribution < 1.29 is 13.2 Å². The second kappa shape index (κ2) is 5.59. The molecule has 3 rings (SSSR count). The number of amides is 1. The monoisotopic (exact) mass is 368 g/mol. The summed E-state index contributed by atoms with van der Waals surface area (Å²) in [6.07, 6.45) is 0. The minimum atomic E-state index is -3.99. The highest BCUT2D eigenvalue weighted by atomic mass is 32.2. The van der Waals surface area contributed by atoms with E-state index in [1.807, 2.05) is 6.92 Å². The molecule has 2 aromatic heterocycles. The second-order valence-corrected chi connectivity index (χ2v) is 8.86. The fourth-order valence-electron chi connectivity index (χ4n) is 2.07. The Labute approximate surface area is 140 Å². The highest BCUT2D eigenvalue weighted by molar-refractivity contribution is 7.90. The van der Waals surface area contributed by atoms with Gasteiger partial charge in [0.2, 0.25) is 0 Å². The lowest BCUT2D eigenvalue weighted by Crippen LogP contribution is -2.29. The lowest BCUT2D eigenvalue weighted by Gasteiger charge is -2.06. The third kappa shape index (κ3) is 2.94. The number of hydrogen-bond acceptors (Lipinski definition) is 6. The van der Waals surface area contributed by atoms with Crippen LogP contribution in [0.1, 0.15) is 14.5 Å². The number of sulfonamides is 1. The van der Waals surface area contributed by atoms with E-state index in [1.165, 1.54) is 28.0 Å². The summed E-state index contributed by atoms with van der Waals surface area (Å²) in [5.74, 6) is -0.663. The number of aromatic nitrogens is 1. The summed E-state index contributed by atoms with van der Waals surface area (Å²) in [5.41, 5.74) is 0.652. The van der Waals surface area contributed by atoms with Crippen LogP contribution in [0.25, 0.3) is 10.2 Å². The SMILES string of the molecule is Cc1ccc(C(=O)NS(=O)(=O)c2ccc3c(c2)sc(=O)n3C)s1. The number of hydrogen-bond donors (Lipinski definition) is 1. The smallest absolute Gasteiger partial charge is 0.302 e. The molecule has 0 aliphatic carbocycles. The van der Waals surface area contributed by atoms with Crippen molar-refractivity contribution in [2.24, 2.45) is 7.05 Å². The molecule has 0 bridgehead atoms. The molecule has 6 nitrogen and oxygen atoms in total. The van der Waals surface area contributed by atoms with Gasteiger partial charge in [-0.3, -0.25) is 9.59 Å². The average Bonchev–Trinajstić information content (AvgIpc) is 3.03. The molecule has 0 unspecified atom stereocenters. The van der Waals surface area contributed by atoms with E-state index in [2.05, 4.69) is 4.72 Å². The molecule has 0 spiro atoms. The Bertz CT molecular complexity index is 1070. The molecule has 2 heterocycles. The molecule has 120 valence electrons. The van der Waals surface area contributed by atoms with Crippen molar-refractivity contribution in [1.29, 1.82) is 0 Å². The highest BCUT2D eigenvalue weighted by Gasteiger charge is 2.20. The summed E-state index contributed by atoms with van der Waals surface area (Å²) < 4.78 is 28.8. The molecule has 0 aliphatic heterocycles. The number of thiazole rings is 1. The standard InChI is InChI=1S/C14H12N2O4S3/c1-8-3-6-11(21-8)13(17)15-23(19,20)9-4-5-10-12(7-9)22-14(18)16(10)2/h3-7H,1-2H3,(H,15,17). The Kier molecular flexibility index (Phi) is 3.86. The van der Waals surface area contributed by atoms with Crippen LogP contribution in [0.3, 0.4) is 0 Å². The van der Waals surface area contributed by atoms with E-state index >= 15 is 0 Å². The number of nitrogens with zero attached hydrogens (tertiary/aromatic N) is 1. The van der Waals surface area contributed by atoms with Crippen molar-refractivity contribution >= 4 is 48.8 Å². The number of fused-ring (bicyclic) bond motifs is 1. The van der Waals surface area contributed by atoms with Gasteiger partial charge in [-0.05, 0) is 37.3 Å². The van der Waals surface area contributed by atoms with Crippen molar-refractivity contribution in [2.45, 2.75) is 11.8 Å². The fourth-order valence-corrected chi connectivity index (χ4v) is 4.88. The van der Waals surface area contributed by atoms with Gasteiger partial charge in [-0.1, -0.05) is 11.3 Å².